The lowest BCUT2D eigenvalue weighted by Crippen LogP contribution is -2.25. The summed E-state index contributed by atoms with van der Waals surface area (Å²) in [5, 5.41) is 5.01. The highest BCUT2D eigenvalue weighted by Gasteiger charge is 2.37. The highest BCUT2D eigenvalue weighted by Crippen LogP contribution is 2.45. The summed E-state index contributed by atoms with van der Waals surface area (Å²) in [5.74, 6) is 0. The van der Waals surface area contributed by atoms with Crippen LogP contribution in [0.25, 0.3) is 0 Å². The number of amides is 3. The van der Waals surface area contributed by atoms with Crippen LogP contribution < -0.4 is 56.5 Å². The number of nitrogens with one attached hydrogen (secondary N) is 2. The van der Waals surface area contributed by atoms with E-state index in [9.17, 15) is 35.5 Å². The number of halogens is 2. The topological polar surface area (TPSA) is 375 Å². The van der Waals surface area contributed by atoms with E-state index in [1.807, 2.05) is 0 Å². The van der Waals surface area contributed by atoms with Crippen molar-refractivity contribution in [3.63, 3.8) is 0 Å². The molecule has 2 aliphatic rings. The van der Waals surface area contributed by atoms with E-state index in [2.05, 4.69) is 16.4 Å². The van der Waals surface area contributed by atoms with E-state index in [0.717, 1.165) is 0 Å². The Bertz CT molecular complexity index is 2060. The minimum absolute atomic E-state index is 0.0344. The predicted octanol–water partition coefficient (Wildman–Crippen LogP) is 3.23. The Kier molecular flexibility index (Phi) is 16.6. The first-order valence-electron chi connectivity index (χ1n) is 15.0. The zero-order valence-corrected chi connectivity index (χ0v) is 32.4. The number of primary amides is 1. The summed E-state index contributed by atoms with van der Waals surface area (Å²) >= 11 is 12.3. The summed E-state index contributed by atoms with van der Waals surface area (Å²) in [5.41, 5.74) is 43.0. The molecule has 22 heteroatoms. The second kappa shape index (κ2) is 19.2. The van der Waals surface area contributed by atoms with Gasteiger partial charge in [-0.05, 0) is 62.0 Å². The molecular weight excluding hydrogens is 787 g/mol. The van der Waals surface area contributed by atoms with Gasteiger partial charge in [0.15, 0.2) is 0 Å². The summed E-state index contributed by atoms with van der Waals surface area (Å²) in [6.07, 6.45) is 8.42. The average Bonchev–Trinajstić information content (AvgIpc) is 3.22. The zero-order valence-electron chi connectivity index (χ0n) is 29.2. The number of hydrogen-bond acceptors (Lipinski definition) is 13. The van der Waals surface area contributed by atoms with Crippen molar-refractivity contribution in [2.45, 2.75) is 20.3 Å². The van der Waals surface area contributed by atoms with Gasteiger partial charge < -0.3 is 56.5 Å². The van der Waals surface area contributed by atoms with Crippen LogP contribution in [0.5, 0.6) is 0 Å². The van der Waals surface area contributed by atoms with Crippen LogP contribution in [0, 0.1) is 10.8 Å². The van der Waals surface area contributed by atoms with Gasteiger partial charge in [-0.1, -0.05) is 61.4 Å². The van der Waals surface area contributed by atoms with Gasteiger partial charge in [0, 0.05) is 32.3 Å². The normalized spacial score (nSPS) is 19.5. The molecule has 20 N–H and O–H groups in total. The maximum absolute atomic E-state index is 11.8. The molecule has 0 bridgehead atoms. The minimum Gasteiger partial charge on any atom is -0.399 e. The standard InChI is InChI=1S/C17H20Cl2N2O6S2.C7H10N4O.C7H9N3O.CH5N/c1-16(5-10(18)3-12(20)14(7-16)28(22,23)24)9-17(2)6-11(19)4-13(21)15(8-17)29(25,26)27;8-4-1-2-5(9)6(3-4)11-7(10)12;8-5-1-2-6(9)7(3-5)10-4-11;1-2/h3-8H,9,20-21H2,1-2H3,(H,22,23,24)(H,25,26,27);1-3H,8-9H2,(H3,10,11,12);1-4H,8-9H2,(H,10,11);2H2,1H3. The lowest BCUT2D eigenvalue weighted by molar-refractivity contribution is -0.105. The SMILES string of the molecule is CC1(CC2(C)C=C(Cl)C=C(N)C(S(=O)(=O)O)=C2)C=C(Cl)C=C(N)C(S(=O)(=O)O)=C1.CN.NC(=O)Nc1cc(N)ccc1N.Nc1ccc(N)c(NC=O)c1. The zero-order chi connectivity index (χ0) is 41.8. The first kappa shape index (κ1) is 46.8. The van der Waals surface area contributed by atoms with Crippen LogP contribution in [0.4, 0.5) is 38.9 Å². The Morgan fingerprint density at radius 1 is 0.722 bits per heavy atom. The van der Waals surface area contributed by atoms with Gasteiger partial charge in [0.05, 0.1) is 34.1 Å². The Hall–Kier alpha value is -5.22. The Morgan fingerprint density at radius 2 is 1.09 bits per heavy atom. The van der Waals surface area contributed by atoms with Gasteiger partial charge in [-0.25, -0.2) is 4.79 Å². The van der Waals surface area contributed by atoms with Gasteiger partial charge >= 0.3 is 6.03 Å². The third-order valence-electron chi connectivity index (χ3n) is 6.96. The molecule has 0 radical (unpaired) electrons. The maximum Gasteiger partial charge on any atom is 0.316 e. The van der Waals surface area contributed by atoms with E-state index < -0.39 is 46.9 Å². The molecule has 2 aromatic carbocycles. The van der Waals surface area contributed by atoms with Crippen molar-refractivity contribution in [2.75, 3.05) is 40.6 Å². The van der Waals surface area contributed by atoms with Crippen LogP contribution in [-0.4, -0.2) is 45.4 Å². The molecule has 0 saturated heterocycles. The molecule has 0 aromatic heterocycles. The van der Waals surface area contributed by atoms with Crippen molar-refractivity contribution in [1.82, 2.24) is 0 Å². The largest absolute Gasteiger partial charge is 0.399 e. The molecule has 2 atom stereocenters. The maximum atomic E-state index is 11.8. The number of carbonyl (C=O) groups excluding carboxylic acids is 2. The van der Waals surface area contributed by atoms with Gasteiger partial charge in [0.2, 0.25) is 6.41 Å². The minimum atomic E-state index is -4.66. The fourth-order valence-corrected chi connectivity index (χ4v) is 7.33. The molecule has 4 rings (SSSR count). The Balaban J connectivity index is 0.000000475. The average molecular weight is 832 g/mol. The smallest absolute Gasteiger partial charge is 0.316 e. The van der Waals surface area contributed by atoms with Crippen molar-refractivity contribution in [1.29, 1.82) is 0 Å². The third-order valence-corrected chi connectivity index (χ3v) is 9.21. The molecule has 296 valence electrons. The molecule has 0 aliphatic heterocycles. The van der Waals surface area contributed by atoms with E-state index in [4.69, 9.17) is 63.3 Å². The lowest BCUT2D eigenvalue weighted by Gasteiger charge is -2.33. The number of carbonyl (C=O) groups is 2. The molecular formula is C32H44Cl2N10O8S2. The second-order valence-corrected chi connectivity index (χ2v) is 15.5. The number of urea groups is 1. The summed E-state index contributed by atoms with van der Waals surface area (Å²) in [4.78, 5) is 19.4. The van der Waals surface area contributed by atoms with Crippen molar-refractivity contribution in [3.05, 3.63) is 104 Å². The summed E-state index contributed by atoms with van der Waals surface area (Å²) in [6, 6.07) is 9.03. The van der Waals surface area contributed by atoms with Crippen LogP contribution in [0.15, 0.2) is 104 Å². The predicted molar refractivity (Wildman–Crippen MR) is 216 cm³/mol. The molecule has 18 nitrogen and oxygen atoms in total. The van der Waals surface area contributed by atoms with Crippen LogP contribution in [0.2, 0.25) is 0 Å². The molecule has 2 unspecified atom stereocenters. The molecule has 0 spiro atoms. The summed E-state index contributed by atoms with van der Waals surface area (Å²) < 4.78 is 66.1. The van der Waals surface area contributed by atoms with Crippen molar-refractivity contribution < 1.29 is 35.5 Å². The van der Waals surface area contributed by atoms with E-state index in [1.165, 1.54) is 43.5 Å². The number of nitrogens with two attached hydrogens (primary N) is 8. The molecule has 54 heavy (non-hydrogen) atoms. The van der Waals surface area contributed by atoms with Gasteiger partial charge in [0.25, 0.3) is 20.2 Å². The number of nitrogen functional groups attached to an aromatic ring is 4. The fourth-order valence-electron chi connectivity index (χ4n) is 5.05. The highest BCUT2D eigenvalue weighted by molar-refractivity contribution is 7.90. The first-order valence-corrected chi connectivity index (χ1v) is 18.7. The van der Waals surface area contributed by atoms with Gasteiger partial charge in [0.1, 0.15) is 9.81 Å². The van der Waals surface area contributed by atoms with E-state index >= 15 is 0 Å². The number of rotatable bonds is 7. The number of benzene rings is 2. The van der Waals surface area contributed by atoms with Crippen LogP contribution in [0.1, 0.15) is 20.3 Å². The van der Waals surface area contributed by atoms with Gasteiger partial charge in [-0.2, -0.15) is 16.8 Å². The van der Waals surface area contributed by atoms with Gasteiger partial charge in [-0.15, -0.1) is 0 Å². The number of anilines is 6. The summed E-state index contributed by atoms with van der Waals surface area (Å²) in [6.45, 7) is 3.23. The van der Waals surface area contributed by atoms with Crippen LogP contribution >= 0.6 is 23.2 Å². The first-order chi connectivity index (χ1) is 24.8. The van der Waals surface area contributed by atoms with Crippen LogP contribution in [-0.2, 0) is 25.0 Å². The van der Waals surface area contributed by atoms with Crippen molar-refractivity contribution in [2.24, 2.45) is 33.8 Å². The molecule has 0 fully saturated rings. The van der Waals surface area contributed by atoms with E-state index in [0.29, 0.717) is 40.5 Å². The number of hydrogen-bond donors (Lipinski definition) is 12. The van der Waals surface area contributed by atoms with E-state index in [-0.39, 0.29) is 27.9 Å². The van der Waals surface area contributed by atoms with Crippen molar-refractivity contribution >= 4 is 90.0 Å². The molecule has 0 saturated carbocycles. The molecule has 0 heterocycles. The quantitative estimate of drug-likeness (QED) is 0.108. The highest BCUT2D eigenvalue weighted by atomic mass is 35.5. The van der Waals surface area contributed by atoms with Crippen LogP contribution in [0.3, 0.4) is 0 Å². The second-order valence-electron chi connectivity index (χ2n) is 11.9. The monoisotopic (exact) mass is 830 g/mol. The molecule has 2 aliphatic carbocycles. The molecule has 3 amide bonds. The third kappa shape index (κ3) is 14.7. The molecule has 2 aromatic rings. The Labute approximate surface area is 323 Å². The van der Waals surface area contributed by atoms with Gasteiger partial charge in [-0.3, -0.25) is 13.9 Å². The lowest BCUT2D eigenvalue weighted by atomic mass is 9.72. The van der Waals surface area contributed by atoms with E-state index in [1.54, 1.807) is 50.2 Å². The summed E-state index contributed by atoms with van der Waals surface area (Å²) in [7, 11) is -7.82. The Morgan fingerprint density at radius 3 is 1.44 bits per heavy atom. The fraction of sp³-hybridized carbons (Fsp3) is 0.188. The van der Waals surface area contributed by atoms with Crippen molar-refractivity contribution in [3.8, 4) is 0 Å². The number of allylic oxidation sites excluding steroid dienone is 8.